The lowest BCUT2D eigenvalue weighted by Crippen LogP contribution is -2.36. The van der Waals surface area contributed by atoms with Crippen LogP contribution in [0.15, 0.2) is 12.1 Å². The van der Waals surface area contributed by atoms with Crippen LogP contribution >= 0.6 is 0 Å². The van der Waals surface area contributed by atoms with Gasteiger partial charge in [-0.25, -0.2) is 9.59 Å². The zero-order valence-corrected chi connectivity index (χ0v) is 12.3. The predicted molar refractivity (Wildman–Crippen MR) is 72.8 cm³/mol. The third-order valence-electron chi connectivity index (χ3n) is 3.20. The number of benzene rings is 1. The molecule has 1 aromatic rings. The van der Waals surface area contributed by atoms with Crippen LogP contribution in [0.25, 0.3) is 0 Å². The first-order valence-corrected chi connectivity index (χ1v) is 6.36. The Bertz CT molecular complexity index is 629. The van der Waals surface area contributed by atoms with E-state index in [4.69, 9.17) is 4.74 Å². The summed E-state index contributed by atoms with van der Waals surface area (Å²) in [5.74, 6) is -1.29. The maximum atomic E-state index is 12.2. The Labute approximate surface area is 122 Å². The average Bonchev–Trinajstić information content (AvgIpc) is 2.43. The standard InChI is InChI=1S/C15H16O6/c1-15(2)7-11(16)10-5-8(13(17)19-3)9(14(18)20-4)6-12(10)21-15/h5-6H,7H2,1-4H3. The SMILES string of the molecule is COC(=O)c1cc2c(cc1C(=O)OC)C(=O)CC(C)(C)O2. The highest BCUT2D eigenvalue weighted by atomic mass is 16.5. The number of hydrogen-bond donors (Lipinski definition) is 0. The number of ether oxygens (including phenoxy) is 3. The van der Waals surface area contributed by atoms with E-state index >= 15 is 0 Å². The van der Waals surface area contributed by atoms with Crippen LogP contribution in [-0.4, -0.2) is 37.5 Å². The van der Waals surface area contributed by atoms with Crippen molar-refractivity contribution < 1.29 is 28.6 Å². The minimum Gasteiger partial charge on any atom is -0.487 e. The minimum absolute atomic E-state index is 0.00796. The van der Waals surface area contributed by atoms with Gasteiger partial charge in [-0.1, -0.05) is 0 Å². The van der Waals surface area contributed by atoms with Crippen LogP contribution in [0, 0.1) is 0 Å². The van der Waals surface area contributed by atoms with Gasteiger partial charge >= 0.3 is 11.9 Å². The molecule has 0 atom stereocenters. The Morgan fingerprint density at radius 1 is 1.10 bits per heavy atom. The van der Waals surface area contributed by atoms with E-state index in [1.165, 1.54) is 26.4 Å². The summed E-state index contributed by atoms with van der Waals surface area (Å²) in [5, 5.41) is 0. The zero-order valence-electron chi connectivity index (χ0n) is 12.3. The highest BCUT2D eigenvalue weighted by Gasteiger charge is 2.35. The first-order valence-electron chi connectivity index (χ1n) is 6.36. The molecule has 0 amide bonds. The van der Waals surface area contributed by atoms with Gasteiger partial charge in [0.1, 0.15) is 11.4 Å². The lowest BCUT2D eigenvalue weighted by atomic mass is 9.90. The fraction of sp³-hybridized carbons (Fsp3) is 0.400. The number of carbonyl (C=O) groups is 3. The number of rotatable bonds is 2. The first kappa shape index (κ1) is 15.0. The summed E-state index contributed by atoms with van der Waals surface area (Å²) in [4.78, 5) is 35.8. The van der Waals surface area contributed by atoms with Gasteiger partial charge in [-0.05, 0) is 26.0 Å². The number of esters is 2. The molecule has 112 valence electrons. The monoisotopic (exact) mass is 292 g/mol. The molecular weight excluding hydrogens is 276 g/mol. The molecule has 0 unspecified atom stereocenters. The van der Waals surface area contributed by atoms with Gasteiger partial charge in [-0.2, -0.15) is 0 Å². The average molecular weight is 292 g/mol. The van der Waals surface area contributed by atoms with E-state index in [0.717, 1.165) is 0 Å². The summed E-state index contributed by atoms with van der Waals surface area (Å²) in [6.45, 7) is 3.56. The van der Waals surface area contributed by atoms with Crippen LogP contribution in [-0.2, 0) is 9.47 Å². The van der Waals surface area contributed by atoms with Crippen LogP contribution in [0.4, 0.5) is 0 Å². The molecule has 0 radical (unpaired) electrons. The molecule has 1 aromatic carbocycles. The molecule has 1 aliphatic rings. The Morgan fingerprint density at radius 2 is 1.62 bits per heavy atom. The molecule has 2 rings (SSSR count). The molecule has 0 N–H and O–H groups in total. The van der Waals surface area contributed by atoms with E-state index in [9.17, 15) is 14.4 Å². The van der Waals surface area contributed by atoms with Crippen molar-refractivity contribution in [3.8, 4) is 5.75 Å². The van der Waals surface area contributed by atoms with Crippen molar-refractivity contribution in [3.05, 3.63) is 28.8 Å². The van der Waals surface area contributed by atoms with Gasteiger partial charge in [0.15, 0.2) is 5.78 Å². The number of ketones is 1. The summed E-state index contributed by atoms with van der Waals surface area (Å²) in [6.07, 6.45) is 0.193. The number of methoxy groups -OCH3 is 2. The maximum Gasteiger partial charge on any atom is 0.338 e. The van der Waals surface area contributed by atoms with Crippen LogP contribution < -0.4 is 4.74 Å². The molecule has 0 spiro atoms. The molecule has 1 aliphatic heterocycles. The van der Waals surface area contributed by atoms with Crippen LogP contribution in [0.5, 0.6) is 5.75 Å². The normalized spacial score (nSPS) is 15.7. The van der Waals surface area contributed by atoms with Gasteiger partial charge in [0, 0.05) is 0 Å². The minimum atomic E-state index is -0.712. The Kier molecular flexibility index (Phi) is 3.72. The molecule has 1 heterocycles. The lowest BCUT2D eigenvalue weighted by Gasteiger charge is -2.32. The van der Waals surface area contributed by atoms with Crippen LogP contribution in [0.1, 0.15) is 51.3 Å². The first-order chi connectivity index (χ1) is 9.79. The van der Waals surface area contributed by atoms with Gasteiger partial charge in [0.05, 0.1) is 37.3 Å². The van der Waals surface area contributed by atoms with Crippen LogP contribution in [0.2, 0.25) is 0 Å². The van der Waals surface area contributed by atoms with Crippen molar-refractivity contribution in [3.63, 3.8) is 0 Å². The van der Waals surface area contributed by atoms with Gasteiger partial charge in [0.25, 0.3) is 0 Å². The summed E-state index contributed by atoms with van der Waals surface area (Å²) < 4.78 is 15.0. The third-order valence-corrected chi connectivity index (χ3v) is 3.20. The predicted octanol–water partition coefficient (Wildman–Crippen LogP) is 2.00. The van der Waals surface area contributed by atoms with Crippen molar-refractivity contribution in [2.45, 2.75) is 25.9 Å². The number of fused-ring (bicyclic) bond motifs is 1. The Balaban J connectivity index is 2.64. The second kappa shape index (κ2) is 5.20. The molecule has 0 bridgehead atoms. The summed E-state index contributed by atoms with van der Waals surface area (Å²) in [7, 11) is 2.41. The van der Waals surface area contributed by atoms with Gasteiger partial charge in [0.2, 0.25) is 0 Å². The maximum absolute atomic E-state index is 12.2. The summed E-state index contributed by atoms with van der Waals surface area (Å²) in [6, 6.07) is 2.68. The molecule has 6 nitrogen and oxygen atoms in total. The molecule has 0 saturated carbocycles. The number of Topliss-reactive ketones (excluding diaryl/α,β-unsaturated/α-hetero) is 1. The quantitative estimate of drug-likeness (QED) is 0.776. The fourth-order valence-electron chi connectivity index (χ4n) is 2.26. The molecule has 6 heteroatoms. The van der Waals surface area contributed by atoms with Crippen molar-refractivity contribution in [1.29, 1.82) is 0 Å². The lowest BCUT2D eigenvalue weighted by molar-refractivity contribution is 0.0543. The molecule has 0 aliphatic carbocycles. The van der Waals surface area contributed by atoms with Gasteiger partial charge in [-0.3, -0.25) is 4.79 Å². The Morgan fingerprint density at radius 3 is 2.14 bits per heavy atom. The van der Waals surface area contributed by atoms with E-state index < -0.39 is 17.5 Å². The topological polar surface area (TPSA) is 78.9 Å². The second-order valence-electron chi connectivity index (χ2n) is 5.34. The molecule has 0 saturated heterocycles. The van der Waals surface area contributed by atoms with Gasteiger partial charge < -0.3 is 14.2 Å². The van der Waals surface area contributed by atoms with E-state index in [0.29, 0.717) is 0 Å². The van der Waals surface area contributed by atoms with Crippen molar-refractivity contribution in [1.82, 2.24) is 0 Å². The van der Waals surface area contributed by atoms with Gasteiger partial charge in [-0.15, -0.1) is 0 Å². The van der Waals surface area contributed by atoms with E-state index in [2.05, 4.69) is 9.47 Å². The summed E-state index contributed by atoms with van der Waals surface area (Å²) >= 11 is 0. The second-order valence-corrected chi connectivity index (χ2v) is 5.34. The highest BCUT2D eigenvalue weighted by molar-refractivity contribution is 6.08. The van der Waals surface area contributed by atoms with E-state index in [1.807, 2.05) is 0 Å². The number of carbonyl (C=O) groups excluding carboxylic acids is 3. The fourth-order valence-corrected chi connectivity index (χ4v) is 2.26. The molecule has 0 fully saturated rings. The Hall–Kier alpha value is -2.37. The van der Waals surface area contributed by atoms with Crippen molar-refractivity contribution in [2.75, 3.05) is 14.2 Å². The summed E-state index contributed by atoms with van der Waals surface area (Å²) in [5.41, 5.74) is -0.403. The molecule has 0 aromatic heterocycles. The van der Waals surface area contributed by atoms with E-state index in [1.54, 1.807) is 13.8 Å². The number of hydrogen-bond acceptors (Lipinski definition) is 6. The highest BCUT2D eigenvalue weighted by Crippen LogP contribution is 2.35. The largest absolute Gasteiger partial charge is 0.487 e. The van der Waals surface area contributed by atoms with Crippen LogP contribution in [0.3, 0.4) is 0 Å². The third kappa shape index (κ3) is 2.74. The van der Waals surface area contributed by atoms with Crippen molar-refractivity contribution in [2.24, 2.45) is 0 Å². The zero-order chi connectivity index (χ0) is 15.8. The van der Waals surface area contributed by atoms with E-state index in [-0.39, 0.29) is 34.6 Å². The smallest absolute Gasteiger partial charge is 0.338 e. The molecule has 21 heavy (non-hydrogen) atoms. The molecular formula is C15H16O6. The van der Waals surface area contributed by atoms with Crippen molar-refractivity contribution >= 4 is 17.7 Å².